The molecule has 0 amide bonds. The Hall–Kier alpha value is -1.44. The average Bonchev–Trinajstić information content (AvgIpc) is 2.66. The molecule has 1 rings (SSSR count). The number of hydrogen-bond acceptors (Lipinski definition) is 2. The lowest BCUT2D eigenvalue weighted by Gasteiger charge is -2.06. The fourth-order valence-electron chi connectivity index (χ4n) is 3.55. The van der Waals surface area contributed by atoms with Gasteiger partial charge in [-0.3, -0.25) is 0 Å². The molecule has 0 aromatic heterocycles. The Labute approximate surface area is 167 Å². The monoisotopic (exact) mass is 374 g/mol. The molecule has 0 bridgehead atoms. The van der Waals surface area contributed by atoms with E-state index < -0.39 is 0 Å². The zero-order valence-corrected chi connectivity index (χ0v) is 17.6. The van der Waals surface area contributed by atoms with Gasteiger partial charge >= 0.3 is 0 Å². The van der Waals surface area contributed by atoms with Gasteiger partial charge in [-0.05, 0) is 50.7 Å². The van der Waals surface area contributed by atoms with Crippen molar-refractivity contribution in [3.05, 3.63) is 35.9 Å². The van der Waals surface area contributed by atoms with Gasteiger partial charge in [-0.25, -0.2) is 0 Å². The van der Waals surface area contributed by atoms with E-state index in [1.165, 1.54) is 77.0 Å². The lowest BCUT2D eigenvalue weighted by molar-refractivity contribution is 0.436. The average molecular weight is 375 g/mol. The number of benzene rings is 1. The number of allylic oxidation sites excluding steroid dienone is 2. The molecule has 0 aliphatic carbocycles. The molecule has 2 N–H and O–H groups in total. The summed E-state index contributed by atoms with van der Waals surface area (Å²) in [5.41, 5.74) is 0.683. The summed E-state index contributed by atoms with van der Waals surface area (Å²) in [5.74, 6) is 0.420. The predicted molar refractivity (Wildman–Crippen MR) is 118 cm³/mol. The van der Waals surface area contributed by atoms with Crippen LogP contribution in [0.15, 0.2) is 30.4 Å². The first kappa shape index (κ1) is 23.6. The van der Waals surface area contributed by atoms with Gasteiger partial charge in [-0.1, -0.05) is 89.4 Å². The topological polar surface area (TPSA) is 40.5 Å². The SMILES string of the molecule is CCCCCCCCCCCCCC=CCCCCc1c(O)cccc1O. The van der Waals surface area contributed by atoms with Gasteiger partial charge < -0.3 is 10.2 Å². The van der Waals surface area contributed by atoms with Crippen LogP contribution in [0.1, 0.15) is 109 Å². The molecule has 0 saturated carbocycles. The Morgan fingerprint density at radius 2 is 1.07 bits per heavy atom. The van der Waals surface area contributed by atoms with Gasteiger partial charge in [0, 0.05) is 5.56 Å². The number of unbranched alkanes of at least 4 members (excludes halogenated alkanes) is 13. The third kappa shape index (κ3) is 12.5. The molecule has 0 saturated heterocycles. The van der Waals surface area contributed by atoms with E-state index in [1.807, 2.05) is 0 Å². The van der Waals surface area contributed by atoms with Crippen LogP contribution in [0.25, 0.3) is 0 Å². The van der Waals surface area contributed by atoms with Crippen LogP contribution < -0.4 is 0 Å². The lowest BCUT2D eigenvalue weighted by Crippen LogP contribution is -1.87. The van der Waals surface area contributed by atoms with Crippen molar-refractivity contribution in [2.45, 2.75) is 110 Å². The van der Waals surface area contributed by atoms with Gasteiger partial charge in [-0.2, -0.15) is 0 Å². The highest BCUT2D eigenvalue weighted by Crippen LogP contribution is 2.27. The summed E-state index contributed by atoms with van der Waals surface area (Å²) < 4.78 is 0. The van der Waals surface area contributed by atoms with E-state index in [4.69, 9.17) is 0 Å². The molecule has 0 aliphatic heterocycles. The van der Waals surface area contributed by atoms with Crippen LogP contribution in [0, 0.1) is 0 Å². The highest BCUT2D eigenvalue weighted by molar-refractivity contribution is 5.42. The van der Waals surface area contributed by atoms with E-state index in [2.05, 4.69) is 19.1 Å². The van der Waals surface area contributed by atoms with Gasteiger partial charge in [0.1, 0.15) is 11.5 Å². The second kappa shape index (κ2) is 16.7. The molecule has 1 aromatic carbocycles. The van der Waals surface area contributed by atoms with E-state index in [0.29, 0.717) is 5.56 Å². The molecule has 0 fully saturated rings. The van der Waals surface area contributed by atoms with Crippen molar-refractivity contribution >= 4 is 0 Å². The zero-order valence-electron chi connectivity index (χ0n) is 17.6. The molecule has 2 heteroatoms. The summed E-state index contributed by atoms with van der Waals surface area (Å²) in [4.78, 5) is 0. The van der Waals surface area contributed by atoms with Crippen LogP contribution in [0.4, 0.5) is 0 Å². The maximum Gasteiger partial charge on any atom is 0.122 e. The molecule has 154 valence electrons. The molecule has 2 nitrogen and oxygen atoms in total. The molecular weight excluding hydrogens is 332 g/mol. The van der Waals surface area contributed by atoms with E-state index in [1.54, 1.807) is 18.2 Å². The third-order valence-electron chi connectivity index (χ3n) is 5.32. The number of hydrogen-bond donors (Lipinski definition) is 2. The second-order valence-corrected chi connectivity index (χ2v) is 7.82. The first-order chi connectivity index (χ1) is 13.3. The highest BCUT2D eigenvalue weighted by Gasteiger charge is 2.05. The molecule has 0 radical (unpaired) electrons. The Morgan fingerprint density at radius 3 is 1.59 bits per heavy atom. The summed E-state index contributed by atoms with van der Waals surface area (Å²) in [6.07, 6.45) is 25.2. The van der Waals surface area contributed by atoms with Crippen molar-refractivity contribution in [3.8, 4) is 11.5 Å². The molecule has 1 aromatic rings. The van der Waals surface area contributed by atoms with E-state index in [-0.39, 0.29) is 11.5 Å². The second-order valence-electron chi connectivity index (χ2n) is 7.82. The van der Waals surface area contributed by atoms with E-state index >= 15 is 0 Å². The van der Waals surface area contributed by atoms with Crippen molar-refractivity contribution in [1.82, 2.24) is 0 Å². The molecule has 0 unspecified atom stereocenters. The Morgan fingerprint density at radius 1 is 0.630 bits per heavy atom. The molecule has 0 aliphatic rings. The normalized spacial score (nSPS) is 11.4. The number of aromatic hydroxyl groups is 2. The summed E-state index contributed by atoms with van der Waals surface area (Å²) in [6.45, 7) is 2.28. The lowest BCUT2D eigenvalue weighted by atomic mass is 10.0. The Kier molecular flexibility index (Phi) is 14.6. The summed E-state index contributed by atoms with van der Waals surface area (Å²) in [7, 11) is 0. The summed E-state index contributed by atoms with van der Waals surface area (Å²) >= 11 is 0. The van der Waals surface area contributed by atoms with Crippen LogP contribution in [0.5, 0.6) is 11.5 Å². The van der Waals surface area contributed by atoms with Gasteiger partial charge in [0.2, 0.25) is 0 Å². The summed E-state index contributed by atoms with van der Waals surface area (Å²) in [5, 5.41) is 19.5. The Balaban J connectivity index is 1.86. The van der Waals surface area contributed by atoms with Crippen molar-refractivity contribution in [2.75, 3.05) is 0 Å². The van der Waals surface area contributed by atoms with Crippen LogP contribution in [0.2, 0.25) is 0 Å². The van der Waals surface area contributed by atoms with Gasteiger partial charge in [0.05, 0.1) is 0 Å². The fourth-order valence-corrected chi connectivity index (χ4v) is 3.55. The van der Waals surface area contributed by atoms with Crippen molar-refractivity contribution in [3.63, 3.8) is 0 Å². The smallest absolute Gasteiger partial charge is 0.122 e. The summed E-state index contributed by atoms with van der Waals surface area (Å²) in [6, 6.07) is 4.96. The number of rotatable bonds is 17. The maximum atomic E-state index is 9.75. The van der Waals surface area contributed by atoms with E-state index in [9.17, 15) is 10.2 Å². The minimum atomic E-state index is 0.210. The van der Waals surface area contributed by atoms with Crippen LogP contribution in [-0.2, 0) is 6.42 Å². The predicted octanol–water partition coefficient (Wildman–Crippen LogP) is 8.07. The highest BCUT2D eigenvalue weighted by atomic mass is 16.3. The molecule has 0 atom stereocenters. The Bertz CT molecular complexity index is 473. The van der Waals surface area contributed by atoms with Crippen molar-refractivity contribution in [1.29, 1.82) is 0 Å². The molecule has 0 spiro atoms. The first-order valence-electron chi connectivity index (χ1n) is 11.4. The minimum Gasteiger partial charge on any atom is -0.508 e. The van der Waals surface area contributed by atoms with E-state index in [0.717, 1.165) is 25.7 Å². The van der Waals surface area contributed by atoms with Crippen molar-refractivity contribution in [2.24, 2.45) is 0 Å². The largest absolute Gasteiger partial charge is 0.508 e. The fraction of sp³-hybridized carbons (Fsp3) is 0.680. The van der Waals surface area contributed by atoms with Gasteiger partial charge in [0.15, 0.2) is 0 Å². The molecular formula is C25H42O2. The number of phenolic OH excluding ortho intramolecular Hbond substituents is 2. The van der Waals surface area contributed by atoms with Crippen LogP contribution in [0.3, 0.4) is 0 Å². The molecule has 27 heavy (non-hydrogen) atoms. The standard InChI is InChI=1S/C25H42O2/c1-2-3-4-5-6-7-8-9-10-11-12-13-14-15-16-17-18-20-23-24(26)21-19-22-25(23)27/h14-15,19,21-22,26-27H,2-13,16-18,20H2,1H3. The molecule has 0 heterocycles. The first-order valence-corrected chi connectivity index (χ1v) is 11.4. The van der Waals surface area contributed by atoms with Gasteiger partial charge in [-0.15, -0.1) is 0 Å². The quantitative estimate of drug-likeness (QED) is 0.214. The van der Waals surface area contributed by atoms with Gasteiger partial charge in [0.25, 0.3) is 0 Å². The number of phenols is 2. The van der Waals surface area contributed by atoms with Crippen LogP contribution >= 0.6 is 0 Å². The van der Waals surface area contributed by atoms with Crippen molar-refractivity contribution < 1.29 is 10.2 Å². The maximum absolute atomic E-state index is 9.75. The van der Waals surface area contributed by atoms with Crippen LogP contribution in [-0.4, -0.2) is 10.2 Å². The third-order valence-corrected chi connectivity index (χ3v) is 5.32. The zero-order chi connectivity index (χ0) is 19.6. The minimum absolute atomic E-state index is 0.210.